The lowest BCUT2D eigenvalue weighted by atomic mass is 9.43. The van der Waals surface area contributed by atoms with Gasteiger partial charge in [-0.15, -0.1) is 0 Å². The summed E-state index contributed by atoms with van der Waals surface area (Å²) in [6.45, 7) is 0. The molecule has 11 aromatic rings. The second kappa shape index (κ2) is 12.8. The molecule has 14 rings (SSSR count). The van der Waals surface area contributed by atoms with Gasteiger partial charge in [-0.05, 0) is 112 Å². The van der Waals surface area contributed by atoms with Crippen LogP contribution in [0.25, 0.3) is 65.7 Å². The average Bonchev–Trinajstić information content (AvgIpc) is 3.65. The largest absolute Gasteiger partial charge is 0.309 e. The third-order valence-electron chi connectivity index (χ3n) is 14.8. The number of para-hydroxylation sites is 1. The van der Waals surface area contributed by atoms with E-state index < -0.39 is 10.8 Å². The van der Waals surface area contributed by atoms with Gasteiger partial charge in [-0.2, -0.15) is 0 Å². The van der Waals surface area contributed by atoms with Crippen molar-refractivity contribution >= 4 is 49.4 Å². The van der Waals surface area contributed by atoms with Crippen LogP contribution in [0.15, 0.2) is 237 Å². The molecule has 0 spiro atoms. The molecular weight excluding hydrogens is 759 g/mol. The Balaban J connectivity index is 1.15. The number of anilines is 3. The van der Waals surface area contributed by atoms with Crippen LogP contribution in [0.5, 0.6) is 0 Å². The molecule has 0 unspecified atom stereocenters. The van der Waals surface area contributed by atoms with E-state index in [1.165, 1.54) is 99.1 Å². The van der Waals surface area contributed by atoms with Gasteiger partial charge in [0.2, 0.25) is 0 Å². The van der Waals surface area contributed by atoms with Gasteiger partial charge in [0.15, 0.2) is 0 Å². The van der Waals surface area contributed by atoms with Gasteiger partial charge >= 0.3 is 0 Å². The highest BCUT2D eigenvalue weighted by Crippen LogP contribution is 2.74. The summed E-state index contributed by atoms with van der Waals surface area (Å²) in [6, 6.07) is 89.3. The summed E-state index contributed by atoms with van der Waals surface area (Å²) in [5.41, 5.74) is 18.1. The highest BCUT2D eigenvalue weighted by atomic mass is 15.1. The van der Waals surface area contributed by atoms with E-state index >= 15 is 0 Å². The fourth-order valence-corrected chi connectivity index (χ4v) is 12.5. The van der Waals surface area contributed by atoms with Crippen molar-refractivity contribution < 1.29 is 0 Å². The first-order valence-electron chi connectivity index (χ1n) is 22.1. The van der Waals surface area contributed by atoms with Gasteiger partial charge in [-0.1, -0.05) is 212 Å². The molecule has 1 nitrogen and oxygen atoms in total. The summed E-state index contributed by atoms with van der Waals surface area (Å²) in [7, 11) is 0. The Hall–Kier alpha value is -8.00. The Bertz CT molecular complexity index is 3510. The average molecular weight is 798 g/mol. The Morgan fingerprint density at radius 2 is 0.730 bits per heavy atom. The Labute approximate surface area is 366 Å². The van der Waals surface area contributed by atoms with Crippen molar-refractivity contribution in [1.82, 2.24) is 0 Å². The van der Waals surface area contributed by atoms with Gasteiger partial charge in [-0.3, -0.25) is 0 Å². The summed E-state index contributed by atoms with van der Waals surface area (Å²) in [6.07, 6.45) is 0. The lowest BCUT2D eigenvalue weighted by molar-refractivity contribution is 0.432. The minimum absolute atomic E-state index is 0.544. The maximum atomic E-state index is 2.54. The van der Waals surface area contributed by atoms with E-state index in [-0.39, 0.29) is 0 Å². The second-order valence-electron chi connectivity index (χ2n) is 17.5. The van der Waals surface area contributed by atoms with Gasteiger partial charge in [-0.25, -0.2) is 0 Å². The number of fused-ring (bicyclic) bond motifs is 9. The Morgan fingerprint density at radius 1 is 0.270 bits per heavy atom. The molecule has 292 valence electrons. The number of benzene rings is 11. The van der Waals surface area contributed by atoms with Crippen molar-refractivity contribution in [3.8, 4) is 33.4 Å². The lowest BCUT2D eigenvalue weighted by Crippen LogP contribution is -2.54. The molecule has 0 atom stereocenters. The summed E-state index contributed by atoms with van der Waals surface area (Å²) in [5, 5.41) is 7.56. The quantitative estimate of drug-likeness (QED) is 0.160. The topological polar surface area (TPSA) is 3.24 Å². The fourth-order valence-electron chi connectivity index (χ4n) is 12.5. The van der Waals surface area contributed by atoms with E-state index in [1.54, 1.807) is 0 Å². The van der Waals surface area contributed by atoms with Crippen LogP contribution in [0.2, 0.25) is 0 Å². The lowest BCUT2D eigenvalue weighted by Gasteiger charge is -2.56. The molecule has 0 amide bonds. The van der Waals surface area contributed by atoms with E-state index in [0.717, 1.165) is 17.1 Å². The molecule has 3 aliphatic carbocycles. The van der Waals surface area contributed by atoms with E-state index in [2.05, 4.69) is 241 Å². The number of nitrogens with zero attached hydrogens (tertiary/aromatic N) is 1. The predicted molar refractivity (Wildman–Crippen MR) is 263 cm³/mol. The molecule has 0 saturated carbocycles. The molecule has 63 heavy (non-hydrogen) atoms. The van der Waals surface area contributed by atoms with Crippen LogP contribution in [0.3, 0.4) is 0 Å². The molecule has 11 aromatic carbocycles. The van der Waals surface area contributed by atoms with Crippen LogP contribution in [-0.2, 0) is 10.8 Å². The maximum absolute atomic E-state index is 2.54. The van der Waals surface area contributed by atoms with Crippen molar-refractivity contribution in [1.29, 1.82) is 0 Å². The van der Waals surface area contributed by atoms with Crippen LogP contribution >= 0.6 is 0 Å². The van der Waals surface area contributed by atoms with Gasteiger partial charge in [0.05, 0.1) is 22.2 Å². The van der Waals surface area contributed by atoms with E-state index in [0.29, 0.717) is 0 Å². The van der Waals surface area contributed by atoms with Crippen LogP contribution in [0.4, 0.5) is 17.1 Å². The van der Waals surface area contributed by atoms with Crippen molar-refractivity contribution in [2.24, 2.45) is 0 Å². The normalized spacial score (nSPS) is 17.3. The molecule has 0 aromatic heterocycles. The zero-order chi connectivity index (χ0) is 41.3. The maximum Gasteiger partial charge on any atom is 0.0648 e. The monoisotopic (exact) mass is 797 g/mol. The molecular formula is C62H39N. The standard InChI is InChI=1S/C62H39N/c1-2-17-40(18-3-1)45-21-10-15-32-58(45)63(43-36-35-42-34-33-41-19-4-5-20-44(41)51(42)39-43)59-38-37-57-60-50(59)26-16-31-56(60)61-52-27-11-6-22-46(52)48-24-8-13-29-54(48)62(57,61)55-30-14-9-25-49(55)47-23-7-12-28-53(47)61/h1-39H. The summed E-state index contributed by atoms with van der Waals surface area (Å²) in [5.74, 6) is 0. The van der Waals surface area contributed by atoms with Gasteiger partial charge in [0, 0.05) is 16.6 Å². The van der Waals surface area contributed by atoms with E-state index in [9.17, 15) is 0 Å². The molecule has 0 fully saturated rings. The predicted octanol–water partition coefficient (Wildman–Crippen LogP) is 15.9. The van der Waals surface area contributed by atoms with E-state index in [1.807, 2.05) is 0 Å². The molecule has 1 heteroatoms. The van der Waals surface area contributed by atoms with Crippen LogP contribution in [-0.4, -0.2) is 0 Å². The zero-order valence-electron chi connectivity index (χ0n) is 34.5. The van der Waals surface area contributed by atoms with Crippen molar-refractivity contribution in [2.75, 3.05) is 4.90 Å². The molecule has 0 bridgehead atoms. The fraction of sp³-hybridized carbons (Fsp3) is 0.0323. The van der Waals surface area contributed by atoms with Crippen LogP contribution < -0.4 is 4.90 Å². The van der Waals surface area contributed by atoms with Gasteiger partial charge in [0.1, 0.15) is 0 Å². The highest BCUT2D eigenvalue weighted by molar-refractivity contribution is 6.13. The third-order valence-corrected chi connectivity index (χ3v) is 14.8. The minimum Gasteiger partial charge on any atom is -0.309 e. The Morgan fingerprint density at radius 3 is 1.37 bits per heavy atom. The molecule has 0 saturated heterocycles. The zero-order valence-corrected chi connectivity index (χ0v) is 34.5. The van der Waals surface area contributed by atoms with Gasteiger partial charge < -0.3 is 4.90 Å². The summed E-state index contributed by atoms with van der Waals surface area (Å²) < 4.78 is 0. The first kappa shape index (κ1) is 34.7. The van der Waals surface area contributed by atoms with Crippen molar-refractivity contribution in [3.63, 3.8) is 0 Å². The van der Waals surface area contributed by atoms with Crippen molar-refractivity contribution in [3.05, 3.63) is 270 Å². The van der Waals surface area contributed by atoms with Crippen LogP contribution in [0.1, 0.15) is 33.4 Å². The Kier molecular flexibility index (Phi) is 7.03. The highest BCUT2D eigenvalue weighted by Gasteiger charge is 2.67. The number of hydrogen-bond acceptors (Lipinski definition) is 1. The first-order valence-corrected chi connectivity index (χ1v) is 22.1. The molecule has 0 N–H and O–H groups in total. The van der Waals surface area contributed by atoms with Gasteiger partial charge in [0.25, 0.3) is 0 Å². The van der Waals surface area contributed by atoms with Crippen molar-refractivity contribution in [2.45, 2.75) is 10.8 Å². The number of rotatable bonds is 4. The summed E-state index contributed by atoms with van der Waals surface area (Å²) in [4.78, 5) is 2.54. The molecule has 3 aliphatic rings. The number of hydrogen-bond donors (Lipinski definition) is 0. The third kappa shape index (κ3) is 4.31. The van der Waals surface area contributed by atoms with Crippen LogP contribution in [0, 0.1) is 0 Å². The minimum atomic E-state index is -0.544. The molecule has 0 aliphatic heterocycles. The summed E-state index contributed by atoms with van der Waals surface area (Å²) >= 11 is 0. The SMILES string of the molecule is c1ccc(-c2ccccc2N(c2ccc3ccc4ccccc4c3c2)c2ccc3c4c(cccc24)C24c5ccccc5-c5ccccc5C32c2ccccc2-c2ccccc24)cc1. The smallest absolute Gasteiger partial charge is 0.0648 e. The molecule has 0 radical (unpaired) electrons. The first-order chi connectivity index (χ1) is 31.3. The molecule has 0 heterocycles. The second-order valence-corrected chi connectivity index (χ2v) is 17.5. The van der Waals surface area contributed by atoms with E-state index in [4.69, 9.17) is 0 Å².